The molecular weight excluding hydrogens is 326 g/mol. The summed E-state index contributed by atoms with van der Waals surface area (Å²) in [6.07, 6.45) is 0.969. The summed E-state index contributed by atoms with van der Waals surface area (Å²) in [6, 6.07) is 25.8. The fourth-order valence-corrected chi connectivity index (χ4v) is 4.50. The van der Waals surface area contributed by atoms with E-state index in [4.69, 9.17) is 0 Å². The Labute approximate surface area is 159 Å². The molecule has 0 heterocycles. The van der Waals surface area contributed by atoms with Gasteiger partial charge in [0.15, 0.2) is 0 Å². The van der Waals surface area contributed by atoms with E-state index in [2.05, 4.69) is 74.5 Å². The van der Waals surface area contributed by atoms with Crippen LogP contribution in [0.5, 0.6) is 0 Å². The fourth-order valence-electron chi connectivity index (χ4n) is 4.50. The Balaban J connectivity index is 1.88. The molecule has 4 aromatic carbocycles. The zero-order valence-electron chi connectivity index (χ0n) is 15.5. The lowest BCUT2D eigenvalue weighted by molar-refractivity contribution is 1.23. The predicted molar refractivity (Wildman–Crippen MR) is 112 cm³/mol. The van der Waals surface area contributed by atoms with E-state index in [1.54, 1.807) is 0 Å². The second-order valence-corrected chi connectivity index (χ2v) is 7.37. The molecule has 27 heavy (non-hydrogen) atoms. The second-order valence-electron chi connectivity index (χ2n) is 7.37. The van der Waals surface area contributed by atoms with Gasteiger partial charge in [-0.3, -0.25) is 0 Å². The van der Waals surface area contributed by atoms with Gasteiger partial charge in [-0.25, -0.2) is 0 Å². The van der Waals surface area contributed by atoms with Gasteiger partial charge >= 0.3 is 0 Å². The van der Waals surface area contributed by atoms with Crippen molar-refractivity contribution in [2.45, 2.75) is 20.3 Å². The van der Waals surface area contributed by atoms with Gasteiger partial charge in [-0.05, 0) is 76.2 Å². The number of hydrogen-bond acceptors (Lipinski definition) is 1. The molecule has 0 amide bonds. The third kappa shape index (κ3) is 2.24. The van der Waals surface area contributed by atoms with Crippen LogP contribution in [0.1, 0.15) is 27.8 Å². The zero-order valence-corrected chi connectivity index (χ0v) is 15.5. The minimum Gasteiger partial charge on any atom is -0.192 e. The molecule has 0 unspecified atom stereocenters. The zero-order chi connectivity index (χ0) is 18.5. The highest BCUT2D eigenvalue weighted by Crippen LogP contribution is 2.45. The molecule has 0 atom stereocenters. The first kappa shape index (κ1) is 15.9. The van der Waals surface area contributed by atoms with Crippen molar-refractivity contribution in [3.8, 4) is 28.3 Å². The molecule has 0 aliphatic heterocycles. The molecular formula is C26H19N. The first-order valence-corrected chi connectivity index (χ1v) is 9.32. The van der Waals surface area contributed by atoms with Gasteiger partial charge < -0.3 is 0 Å². The van der Waals surface area contributed by atoms with E-state index in [0.29, 0.717) is 0 Å². The van der Waals surface area contributed by atoms with E-state index in [0.717, 1.165) is 22.8 Å². The molecule has 5 rings (SSSR count). The van der Waals surface area contributed by atoms with Crippen molar-refractivity contribution in [3.05, 3.63) is 94.5 Å². The van der Waals surface area contributed by atoms with Crippen LogP contribution in [0.4, 0.5) is 0 Å². The van der Waals surface area contributed by atoms with Crippen LogP contribution in [-0.4, -0.2) is 0 Å². The highest BCUT2D eigenvalue weighted by atomic mass is 14.3. The molecule has 0 aromatic heterocycles. The summed E-state index contributed by atoms with van der Waals surface area (Å²) in [4.78, 5) is 0. The number of nitriles is 1. The molecule has 0 N–H and O–H groups in total. The Morgan fingerprint density at radius 3 is 2.33 bits per heavy atom. The smallest absolute Gasteiger partial charge is 0.0998 e. The summed E-state index contributed by atoms with van der Waals surface area (Å²) in [7, 11) is 0. The van der Waals surface area contributed by atoms with Gasteiger partial charge in [-0.2, -0.15) is 5.26 Å². The molecule has 1 nitrogen and oxygen atoms in total. The van der Waals surface area contributed by atoms with Crippen molar-refractivity contribution in [2.75, 3.05) is 0 Å². The first-order valence-electron chi connectivity index (χ1n) is 9.32. The van der Waals surface area contributed by atoms with Crippen LogP contribution < -0.4 is 0 Å². The molecule has 0 saturated carbocycles. The Kier molecular flexibility index (Phi) is 3.42. The molecule has 0 radical (unpaired) electrons. The van der Waals surface area contributed by atoms with Crippen LogP contribution >= 0.6 is 0 Å². The lowest BCUT2D eigenvalue weighted by Crippen LogP contribution is -1.96. The van der Waals surface area contributed by atoms with Crippen molar-refractivity contribution in [1.82, 2.24) is 0 Å². The number of nitrogens with zero attached hydrogens (tertiary/aromatic N) is 1. The summed E-state index contributed by atoms with van der Waals surface area (Å²) in [6.45, 7) is 4.42. The molecule has 0 saturated heterocycles. The SMILES string of the molecule is Cc1cc2c(c(-c3ccc(C#N)c4ccccc34)c1C)Cc1ccccc1-2. The normalized spacial score (nSPS) is 11.9. The van der Waals surface area contributed by atoms with Crippen molar-refractivity contribution in [1.29, 1.82) is 5.26 Å². The average molecular weight is 345 g/mol. The van der Waals surface area contributed by atoms with E-state index in [9.17, 15) is 5.26 Å². The molecule has 1 aliphatic rings. The van der Waals surface area contributed by atoms with Crippen LogP contribution in [0, 0.1) is 25.2 Å². The number of aryl methyl sites for hydroxylation is 1. The molecule has 4 aromatic rings. The summed E-state index contributed by atoms with van der Waals surface area (Å²) in [5, 5.41) is 11.7. The van der Waals surface area contributed by atoms with Crippen LogP contribution in [0.15, 0.2) is 66.7 Å². The van der Waals surface area contributed by atoms with Crippen molar-refractivity contribution >= 4 is 10.8 Å². The van der Waals surface area contributed by atoms with Crippen LogP contribution in [0.25, 0.3) is 33.0 Å². The summed E-state index contributed by atoms with van der Waals surface area (Å²) >= 11 is 0. The molecule has 0 fully saturated rings. The van der Waals surface area contributed by atoms with Crippen LogP contribution in [-0.2, 0) is 6.42 Å². The maximum atomic E-state index is 9.52. The maximum absolute atomic E-state index is 9.52. The molecule has 1 aliphatic carbocycles. The van der Waals surface area contributed by atoms with Gasteiger partial charge in [0, 0.05) is 5.39 Å². The van der Waals surface area contributed by atoms with Crippen molar-refractivity contribution < 1.29 is 0 Å². The third-order valence-electron chi connectivity index (χ3n) is 5.94. The molecule has 128 valence electrons. The van der Waals surface area contributed by atoms with Gasteiger partial charge in [-0.1, -0.05) is 60.7 Å². The van der Waals surface area contributed by atoms with Crippen LogP contribution in [0.2, 0.25) is 0 Å². The lowest BCUT2D eigenvalue weighted by atomic mass is 9.86. The predicted octanol–water partition coefficient (Wildman–Crippen LogP) is 6.57. The number of fused-ring (bicyclic) bond motifs is 4. The van der Waals surface area contributed by atoms with Gasteiger partial charge in [-0.15, -0.1) is 0 Å². The number of rotatable bonds is 1. The van der Waals surface area contributed by atoms with Gasteiger partial charge in [0.05, 0.1) is 11.6 Å². The van der Waals surface area contributed by atoms with E-state index in [-0.39, 0.29) is 0 Å². The number of benzene rings is 4. The Morgan fingerprint density at radius 2 is 1.52 bits per heavy atom. The van der Waals surface area contributed by atoms with E-state index >= 15 is 0 Å². The highest BCUT2D eigenvalue weighted by Gasteiger charge is 2.24. The van der Waals surface area contributed by atoms with Crippen LogP contribution in [0.3, 0.4) is 0 Å². The lowest BCUT2D eigenvalue weighted by Gasteiger charge is -2.18. The Hall–Kier alpha value is -3.37. The van der Waals surface area contributed by atoms with Crippen molar-refractivity contribution in [3.63, 3.8) is 0 Å². The van der Waals surface area contributed by atoms with Crippen molar-refractivity contribution in [2.24, 2.45) is 0 Å². The fraction of sp³-hybridized carbons (Fsp3) is 0.115. The van der Waals surface area contributed by atoms with Gasteiger partial charge in [0.2, 0.25) is 0 Å². The number of hydrogen-bond donors (Lipinski definition) is 0. The Bertz CT molecular complexity index is 1270. The summed E-state index contributed by atoms with van der Waals surface area (Å²) in [5.41, 5.74) is 11.5. The average Bonchev–Trinajstić information content (AvgIpc) is 3.06. The standard InChI is InChI=1S/C26H19N/c1-16-13-24-20-8-4-3-7-18(20)14-25(24)26(17(16)2)23-12-11-19(15-27)21-9-5-6-10-22(21)23/h3-13H,14H2,1-2H3. The first-order chi connectivity index (χ1) is 13.2. The summed E-state index contributed by atoms with van der Waals surface area (Å²) in [5.74, 6) is 0. The molecule has 0 spiro atoms. The van der Waals surface area contributed by atoms with Gasteiger partial charge in [0.25, 0.3) is 0 Å². The second kappa shape index (κ2) is 5.83. The van der Waals surface area contributed by atoms with E-state index < -0.39 is 0 Å². The quantitative estimate of drug-likeness (QED) is 0.337. The third-order valence-corrected chi connectivity index (χ3v) is 5.94. The minimum absolute atomic E-state index is 0.736. The maximum Gasteiger partial charge on any atom is 0.0998 e. The Morgan fingerprint density at radius 1 is 0.778 bits per heavy atom. The molecule has 0 bridgehead atoms. The topological polar surface area (TPSA) is 23.8 Å². The monoisotopic (exact) mass is 345 g/mol. The van der Waals surface area contributed by atoms with E-state index in [1.165, 1.54) is 44.5 Å². The molecule has 1 heteroatoms. The van der Waals surface area contributed by atoms with E-state index in [1.807, 2.05) is 12.1 Å². The highest BCUT2D eigenvalue weighted by molar-refractivity contribution is 6.02. The minimum atomic E-state index is 0.736. The largest absolute Gasteiger partial charge is 0.192 e. The van der Waals surface area contributed by atoms with Gasteiger partial charge in [0.1, 0.15) is 0 Å². The summed E-state index contributed by atoms with van der Waals surface area (Å²) < 4.78 is 0.